The Morgan fingerprint density at radius 2 is 2.19 bits per heavy atom. The lowest BCUT2D eigenvalue weighted by Gasteiger charge is -2.13. The van der Waals surface area contributed by atoms with Gasteiger partial charge in [-0.3, -0.25) is 4.79 Å². The molecule has 8 heteroatoms. The molecule has 2 aromatic heterocycles. The molecule has 0 bridgehead atoms. The predicted molar refractivity (Wildman–Crippen MR) is 108 cm³/mol. The minimum atomic E-state index is -0.399. The summed E-state index contributed by atoms with van der Waals surface area (Å²) in [5.74, 6) is 0.0667. The molecular formula is C18H16Cl2N4OS. The Bertz CT molecular complexity index is 973. The zero-order valence-electron chi connectivity index (χ0n) is 13.9. The van der Waals surface area contributed by atoms with Crippen molar-refractivity contribution in [1.82, 2.24) is 14.5 Å². The van der Waals surface area contributed by atoms with Gasteiger partial charge in [0.05, 0.1) is 26.3 Å². The molecule has 0 spiro atoms. The van der Waals surface area contributed by atoms with E-state index >= 15 is 0 Å². The summed E-state index contributed by atoms with van der Waals surface area (Å²) in [5.41, 5.74) is 1.89. The van der Waals surface area contributed by atoms with Crippen LogP contribution in [0.5, 0.6) is 0 Å². The minimum absolute atomic E-state index is 0.219. The van der Waals surface area contributed by atoms with Crippen molar-refractivity contribution in [2.75, 3.05) is 5.32 Å². The smallest absolute Gasteiger partial charge is 0.238 e. The minimum Gasteiger partial charge on any atom is -0.315 e. The van der Waals surface area contributed by atoms with E-state index in [2.05, 4.69) is 21.9 Å². The van der Waals surface area contributed by atoms with Crippen LogP contribution in [0, 0.1) is 0 Å². The van der Waals surface area contributed by atoms with Gasteiger partial charge in [-0.1, -0.05) is 53.2 Å². The molecule has 0 fully saturated rings. The van der Waals surface area contributed by atoms with Crippen LogP contribution < -0.4 is 5.32 Å². The Labute approximate surface area is 165 Å². The van der Waals surface area contributed by atoms with Crippen LogP contribution in [-0.4, -0.2) is 25.7 Å². The molecule has 3 rings (SSSR count). The molecule has 0 saturated carbocycles. The molecule has 134 valence electrons. The summed E-state index contributed by atoms with van der Waals surface area (Å²) >= 11 is 13.3. The normalized spacial score (nSPS) is 12.1. The van der Waals surface area contributed by atoms with Crippen LogP contribution in [0.1, 0.15) is 6.92 Å². The number of nitrogens with one attached hydrogen (secondary N) is 1. The first-order valence-electron chi connectivity index (χ1n) is 7.84. The Balaban J connectivity index is 1.79. The fourth-order valence-corrected chi connectivity index (χ4v) is 3.75. The first kappa shape index (κ1) is 18.8. The van der Waals surface area contributed by atoms with Gasteiger partial charge in [-0.05, 0) is 25.1 Å². The summed E-state index contributed by atoms with van der Waals surface area (Å²) in [6.07, 6.45) is 3.24. The summed E-state index contributed by atoms with van der Waals surface area (Å²) in [7, 11) is 0. The third-order valence-electron chi connectivity index (χ3n) is 3.63. The van der Waals surface area contributed by atoms with E-state index in [1.54, 1.807) is 13.0 Å². The van der Waals surface area contributed by atoms with Crippen molar-refractivity contribution in [3.05, 3.63) is 59.2 Å². The maximum atomic E-state index is 12.5. The second-order valence-electron chi connectivity index (χ2n) is 5.52. The van der Waals surface area contributed by atoms with Gasteiger partial charge < -0.3 is 9.88 Å². The number of carbonyl (C=O) groups is 1. The molecule has 1 N–H and O–H groups in total. The molecule has 1 aromatic carbocycles. The highest BCUT2D eigenvalue weighted by Gasteiger charge is 2.20. The molecule has 1 atom stereocenters. The number of hydrogen-bond acceptors (Lipinski definition) is 4. The summed E-state index contributed by atoms with van der Waals surface area (Å²) in [4.78, 5) is 21.2. The Morgan fingerprint density at radius 3 is 2.92 bits per heavy atom. The number of nitrogens with zero attached hydrogens (tertiary/aromatic N) is 3. The van der Waals surface area contributed by atoms with E-state index in [-0.39, 0.29) is 11.7 Å². The van der Waals surface area contributed by atoms with Crippen LogP contribution in [0.15, 0.2) is 54.3 Å². The van der Waals surface area contributed by atoms with Gasteiger partial charge in [-0.25, -0.2) is 9.97 Å². The van der Waals surface area contributed by atoms with E-state index in [1.165, 1.54) is 24.0 Å². The number of pyridine rings is 1. The monoisotopic (exact) mass is 406 g/mol. The van der Waals surface area contributed by atoms with Gasteiger partial charge in [-0.2, -0.15) is 0 Å². The Hall–Kier alpha value is -2.02. The summed E-state index contributed by atoms with van der Waals surface area (Å²) in [5, 5.41) is 3.78. The SMILES string of the molecule is C=CCn1c(SC(C)C(=O)Nc2ncc(Cl)cc2Cl)nc2ccccc21. The average Bonchev–Trinajstić information content (AvgIpc) is 2.95. The zero-order chi connectivity index (χ0) is 18.7. The van der Waals surface area contributed by atoms with Gasteiger partial charge in [0.2, 0.25) is 5.91 Å². The number of anilines is 1. The molecule has 3 aromatic rings. The van der Waals surface area contributed by atoms with Gasteiger partial charge in [-0.15, -0.1) is 6.58 Å². The lowest BCUT2D eigenvalue weighted by Crippen LogP contribution is -2.23. The number of aromatic nitrogens is 3. The van der Waals surface area contributed by atoms with E-state index in [4.69, 9.17) is 23.2 Å². The molecule has 2 heterocycles. The van der Waals surface area contributed by atoms with Crippen molar-refractivity contribution >= 4 is 57.7 Å². The first-order valence-corrected chi connectivity index (χ1v) is 9.48. The number of amides is 1. The third-order valence-corrected chi connectivity index (χ3v) is 5.22. The summed E-state index contributed by atoms with van der Waals surface area (Å²) in [6, 6.07) is 9.38. The quantitative estimate of drug-likeness (QED) is 0.459. The lowest BCUT2D eigenvalue weighted by atomic mass is 10.3. The number of halogens is 2. The number of imidazole rings is 1. The zero-order valence-corrected chi connectivity index (χ0v) is 16.3. The van der Waals surface area contributed by atoms with Crippen LogP contribution in [0.3, 0.4) is 0 Å². The van der Waals surface area contributed by atoms with Gasteiger partial charge in [0.1, 0.15) is 0 Å². The number of thioether (sulfide) groups is 1. The molecule has 0 aliphatic heterocycles. The molecule has 26 heavy (non-hydrogen) atoms. The second-order valence-corrected chi connectivity index (χ2v) is 7.67. The molecule has 0 radical (unpaired) electrons. The van der Waals surface area contributed by atoms with Gasteiger partial charge in [0, 0.05) is 12.7 Å². The van der Waals surface area contributed by atoms with Crippen LogP contribution in [0.2, 0.25) is 10.0 Å². The Kier molecular flexibility index (Phi) is 5.86. The van der Waals surface area contributed by atoms with E-state index in [0.717, 1.165) is 16.2 Å². The largest absolute Gasteiger partial charge is 0.315 e. The standard InChI is InChI=1S/C18H16Cl2N4OS/c1-3-8-24-15-7-5-4-6-14(15)22-18(24)26-11(2)17(25)23-16-13(20)9-12(19)10-21-16/h3-7,9-11H,1,8H2,2H3,(H,21,23,25). The highest BCUT2D eigenvalue weighted by Crippen LogP contribution is 2.29. The van der Waals surface area contributed by atoms with Crippen molar-refractivity contribution in [3.8, 4) is 0 Å². The van der Waals surface area contributed by atoms with E-state index in [9.17, 15) is 4.79 Å². The first-order chi connectivity index (χ1) is 12.5. The molecule has 1 amide bonds. The molecule has 0 aliphatic carbocycles. The third kappa shape index (κ3) is 4.03. The van der Waals surface area contributed by atoms with Crippen LogP contribution in [0.25, 0.3) is 11.0 Å². The maximum Gasteiger partial charge on any atom is 0.238 e. The van der Waals surface area contributed by atoms with Gasteiger partial charge >= 0.3 is 0 Å². The van der Waals surface area contributed by atoms with Crippen LogP contribution in [0.4, 0.5) is 5.82 Å². The van der Waals surface area contributed by atoms with Gasteiger partial charge in [0.25, 0.3) is 0 Å². The van der Waals surface area contributed by atoms with Crippen molar-refractivity contribution in [1.29, 1.82) is 0 Å². The number of benzene rings is 1. The number of para-hydroxylation sites is 2. The van der Waals surface area contributed by atoms with Crippen molar-refractivity contribution in [2.45, 2.75) is 23.9 Å². The summed E-state index contributed by atoms with van der Waals surface area (Å²) < 4.78 is 2.03. The highest BCUT2D eigenvalue weighted by atomic mass is 35.5. The Morgan fingerprint density at radius 1 is 1.42 bits per heavy atom. The number of rotatable bonds is 6. The van der Waals surface area contributed by atoms with E-state index in [1.807, 2.05) is 28.8 Å². The molecule has 0 aliphatic rings. The fraction of sp³-hybridized carbons (Fsp3) is 0.167. The predicted octanol–water partition coefficient (Wildman–Crippen LogP) is 5.04. The van der Waals surface area contributed by atoms with Crippen LogP contribution in [-0.2, 0) is 11.3 Å². The van der Waals surface area contributed by atoms with E-state index < -0.39 is 5.25 Å². The number of hydrogen-bond donors (Lipinski definition) is 1. The topological polar surface area (TPSA) is 59.8 Å². The number of fused-ring (bicyclic) bond motifs is 1. The number of allylic oxidation sites excluding steroid dienone is 1. The number of carbonyl (C=O) groups excluding carboxylic acids is 1. The lowest BCUT2D eigenvalue weighted by molar-refractivity contribution is -0.115. The second kappa shape index (κ2) is 8.12. The fourth-order valence-electron chi connectivity index (χ4n) is 2.39. The van der Waals surface area contributed by atoms with Crippen molar-refractivity contribution in [3.63, 3.8) is 0 Å². The average molecular weight is 407 g/mol. The molecule has 1 unspecified atom stereocenters. The van der Waals surface area contributed by atoms with Crippen molar-refractivity contribution in [2.24, 2.45) is 0 Å². The van der Waals surface area contributed by atoms with Gasteiger partial charge in [0.15, 0.2) is 11.0 Å². The molecular weight excluding hydrogens is 391 g/mol. The van der Waals surface area contributed by atoms with E-state index in [0.29, 0.717) is 16.6 Å². The maximum absolute atomic E-state index is 12.5. The highest BCUT2D eigenvalue weighted by molar-refractivity contribution is 8.00. The summed E-state index contributed by atoms with van der Waals surface area (Å²) in [6.45, 7) is 6.22. The van der Waals surface area contributed by atoms with Crippen molar-refractivity contribution < 1.29 is 4.79 Å². The molecule has 0 saturated heterocycles. The van der Waals surface area contributed by atoms with Crippen LogP contribution >= 0.6 is 35.0 Å². The molecule has 5 nitrogen and oxygen atoms in total.